The molecule has 0 radical (unpaired) electrons. The van der Waals surface area contributed by atoms with Gasteiger partial charge in [-0.25, -0.2) is 0 Å². The summed E-state index contributed by atoms with van der Waals surface area (Å²) in [5.41, 5.74) is 4.05. The minimum Gasteiger partial charge on any atom is -0.506 e. The Kier molecular flexibility index (Phi) is 4.23. The van der Waals surface area contributed by atoms with E-state index in [1.807, 2.05) is 13.8 Å². The molecule has 0 aliphatic heterocycles. The molecule has 0 atom stereocenters. The zero-order chi connectivity index (χ0) is 14.0. The fourth-order valence-electron chi connectivity index (χ4n) is 1.87. The summed E-state index contributed by atoms with van der Waals surface area (Å²) in [4.78, 5) is 0. The van der Waals surface area contributed by atoms with Gasteiger partial charge in [0.15, 0.2) is 0 Å². The van der Waals surface area contributed by atoms with Crippen LogP contribution in [-0.4, -0.2) is 5.11 Å². The molecule has 4 heteroatoms. The minimum absolute atomic E-state index is 0.0730. The number of anilines is 1. The van der Waals surface area contributed by atoms with Crippen molar-refractivity contribution < 1.29 is 5.11 Å². The van der Waals surface area contributed by atoms with E-state index < -0.39 is 0 Å². The van der Waals surface area contributed by atoms with Crippen LogP contribution in [-0.2, 0) is 6.54 Å². The SMILES string of the molecule is Cc1ccc(C)c(NCc2cc(Cl)cc(Cl)c2O)c1. The minimum atomic E-state index is 0.0730. The van der Waals surface area contributed by atoms with Gasteiger partial charge in [-0.1, -0.05) is 35.3 Å². The summed E-state index contributed by atoms with van der Waals surface area (Å²) < 4.78 is 0. The largest absolute Gasteiger partial charge is 0.506 e. The summed E-state index contributed by atoms with van der Waals surface area (Å²) in [6, 6.07) is 9.43. The molecule has 0 unspecified atom stereocenters. The second-order valence-electron chi connectivity index (χ2n) is 4.57. The van der Waals surface area contributed by atoms with Crippen molar-refractivity contribution in [3.05, 3.63) is 57.1 Å². The zero-order valence-electron chi connectivity index (χ0n) is 10.8. The molecule has 2 nitrogen and oxygen atoms in total. The average Bonchev–Trinajstić information content (AvgIpc) is 2.35. The van der Waals surface area contributed by atoms with Crippen LogP contribution in [0.3, 0.4) is 0 Å². The molecule has 0 aliphatic carbocycles. The monoisotopic (exact) mass is 295 g/mol. The number of benzene rings is 2. The van der Waals surface area contributed by atoms with Crippen LogP contribution in [0.15, 0.2) is 30.3 Å². The first-order valence-electron chi connectivity index (χ1n) is 5.95. The maximum Gasteiger partial charge on any atom is 0.139 e. The van der Waals surface area contributed by atoms with Crippen molar-refractivity contribution >= 4 is 28.9 Å². The number of aromatic hydroxyl groups is 1. The highest BCUT2D eigenvalue weighted by Crippen LogP contribution is 2.31. The predicted molar refractivity (Wildman–Crippen MR) is 81.4 cm³/mol. The summed E-state index contributed by atoms with van der Waals surface area (Å²) >= 11 is 11.8. The fourth-order valence-corrected chi connectivity index (χ4v) is 2.41. The number of hydrogen-bond donors (Lipinski definition) is 2. The van der Waals surface area contributed by atoms with Crippen molar-refractivity contribution in [1.82, 2.24) is 0 Å². The lowest BCUT2D eigenvalue weighted by atomic mass is 10.1. The lowest BCUT2D eigenvalue weighted by Crippen LogP contribution is -2.02. The Morgan fingerprint density at radius 1 is 1.11 bits per heavy atom. The Morgan fingerprint density at radius 2 is 1.84 bits per heavy atom. The number of phenolic OH excluding ortho intramolecular Hbond substituents is 1. The van der Waals surface area contributed by atoms with Crippen molar-refractivity contribution in [2.24, 2.45) is 0 Å². The van der Waals surface area contributed by atoms with Gasteiger partial charge in [-0.15, -0.1) is 0 Å². The molecule has 0 amide bonds. The molecule has 0 spiro atoms. The first kappa shape index (κ1) is 14.0. The predicted octanol–water partition coefficient (Wildman–Crippen LogP) is 4.93. The second-order valence-corrected chi connectivity index (χ2v) is 5.41. The van der Waals surface area contributed by atoms with Gasteiger partial charge in [0.25, 0.3) is 0 Å². The number of phenols is 1. The summed E-state index contributed by atoms with van der Waals surface area (Å²) in [5.74, 6) is 0.0730. The molecule has 2 N–H and O–H groups in total. The van der Waals surface area contributed by atoms with Gasteiger partial charge < -0.3 is 10.4 Å². The Labute approximate surface area is 123 Å². The standard InChI is InChI=1S/C15H15Cl2NO/c1-9-3-4-10(2)14(5-9)18-8-11-6-12(16)7-13(17)15(11)19/h3-7,18-19H,8H2,1-2H3. The van der Waals surface area contributed by atoms with E-state index >= 15 is 0 Å². The van der Waals surface area contributed by atoms with Crippen molar-refractivity contribution in [3.63, 3.8) is 0 Å². The van der Waals surface area contributed by atoms with Crippen LogP contribution in [0.25, 0.3) is 0 Å². The summed E-state index contributed by atoms with van der Waals surface area (Å²) in [6.45, 7) is 4.54. The van der Waals surface area contributed by atoms with Crippen molar-refractivity contribution in [2.45, 2.75) is 20.4 Å². The third-order valence-electron chi connectivity index (χ3n) is 2.97. The molecule has 19 heavy (non-hydrogen) atoms. The molecule has 2 rings (SSSR count). The van der Waals surface area contributed by atoms with Gasteiger partial charge in [0.2, 0.25) is 0 Å². The number of aryl methyl sites for hydroxylation is 2. The van der Waals surface area contributed by atoms with E-state index in [4.69, 9.17) is 23.2 Å². The molecular formula is C15H15Cl2NO. The molecule has 0 aliphatic rings. The maximum absolute atomic E-state index is 9.89. The smallest absolute Gasteiger partial charge is 0.139 e. The normalized spacial score (nSPS) is 10.5. The van der Waals surface area contributed by atoms with E-state index in [1.54, 1.807) is 6.07 Å². The third kappa shape index (κ3) is 3.34. The van der Waals surface area contributed by atoms with E-state index in [0.717, 1.165) is 11.3 Å². The van der Waals surface area contributed by atoms with Crippen LogP contribution in [0.5, 0.6) is 5.75 Å². The highest BCUT2D eigenvalue weighted by molar-refractivity contribution is 6.35. The molecule has 0 bridgehead atoms. The quantitative estimate of drug-likeness (QED) is 0.842. The van der Waals surface area contributed by atoms with Crippen LogP contribution in [0.2, 0.25) is 10.0 Å². The summed E-state index contributed by atoms with van der Waals surface area (Å²) in [5, 5.41) is 14.0. The number of rotatable bonds is 3. The van der Waals surface area contributed by atoms with Gasteiger partial charge in [0.05, 0.1) is 5.02 Å². The van der Waals surface area contributed by atoms with Crippen LogP contribution < -0.4 is 5.32 Å². The van der Waals surface area contributed by atoms with E-state index in [2.05, 4.69) is 23.5 Å². The van der Waals surface area contributed by atoms with Gasteiger partial charge in [-0.3, -0.25) is 0 Å². The fraction of sp³-hybridized carbons (Fsp3) is 0.200. The van der Waals surface area contributed by atoms with Gasteiger partial charge >= 0.3 is 0 Å². The van der Waals surface area contributed by atoms with Gasteiger partial charge in [-0.2, -0.15) is 0 Å². The molecule has 100 valence electrons. The molecule has 0 saturated heterocycles. The van der Waals surface area contributed by atoms with Crippen LogP contribution >= 0.6 is 23.2 Å². The topological polar surface area (TPSA) is 32.3 Å². The molecule has 0 aromatic heterocycles. The molecule has 0 heterocycles. The summed E-state index contributed by atoms with van der Waals surface area (Å²) in [6.07, 6.45) is 0. The molecule has 0 fully saturated rings. The maximum atomic E-state index is 9.89. The Bertz CT molecular complexity index is 611. The van der Waals surface area contributed by atoms with E-state index in [0.29, 0.717) is 17.1 Å². The van der Waals surface area contributed by atoms with E-state index in [1.165, 1.54) is 11.6 Å². The Hall–Kier alpha value is -1.38. The van der Waals surface area contributed by atoms with Crippen molar-refractivity contribution in [2.75, 3.05) is 5.32 Å². The highest BCUT2D eigenvalue weighted by Gasteiger charge is 2.08. The highest BCUT2D eigenvalue weighted by atomic mass is 35.5. The van der Waals surface area contributed by atoms with Crippen molar-refractivity contribution in [1.29, 1.82) is 0 Å². The van der Waals surface area contributed by atoms with Gasteiger partial charge in [0, 0.05) is 22.8 Å². The van der Waals surface area contributed by atoms with Crippen LogP contribution in [0.1, 0.15) is 16.7 Å². The Morgan fingerprint density at radius 3 is 2.58 bits per heavy atom. The van der Waals surface area contributed by atoms with Crippen molar-refractivity contribution in [3.8, 4) is 5.75 Å². The second kappa shape index (κ2) is 5.72. The number of hydrogen-bond acceptors (Lipinski definition) is 2. The van der Waals surface area contributed by atoms with Gasteiger partial charge in [0.1, 0.15) is 5.75 Å². The number of halogens is 2. The first-order chi connectivity index (χ1) is 8.97. The lowest BCUT2D eigenvalue weighted by Gasteiger charge is -2.12. The van der Waals surface area contributed by atoms with Gasteiger partial charge in [-0.05, 0) is 43.2 Å². The summed E-state index contributed by atoms with van der Waals surface area (Å²) in [7, 11) is 0. The lowest BCUT2D eigenvalue weighted by molar-refractivity contribution is 0.469. The van der Waals surface area contributed by atoms with E-state index in [9.17, 15) is 5.11 Å². The zero-order valence-corrected chi connectivity index (χ0v) is 12.3. The number of nitrogens with one attached hydrogen (secondary N) is 1. The first-order valence-corrected chi connectivity index (χ1v) is 6.71. The molecule has 0 saturated carbocycles. The van der Waals surface area contributed by atoms with Crippen LogP contribution in [0.4, 0.5) is 5.69 Å². The molecule has 2 aromatic rings. The van der Waals surface area contributed by atoms with Crippen LogP contribution in [0, 0.1) is 13.8 Å². The van der Waals surface area contributed by atoms with E-state index in [-0.39, 0.29) is 10.8 Å². The third-order valence-corrected chi connectivity index (χ3v) is 3.48. The molecule has 2 aromatic carbocycles. The Balaban J connectivity index is 2.21. The average molecular weight is 296 g/mol. The molecular weight excluding hydrogens is 281 g/mol.